The molecule has 0 saturated carbocycles. The normalized spacial score (nSPS) is 18.3. The number of carbonyl (C=O) groups excluding carboxylic acids is 1. The number of fused-ring (bicyclic) bond motifs is 1. The Labute approximate surface area is 136 Å². The van der Waals surface area contributed by atoms with Crippen molar-refractivity contribution in [3.63, 3.8) is 0 Å². The average Bonchev–Trinajstić information content (AvgIpc) is 2.52. The maximum atomic E-state index is 12.2. The quantitative estimate of drug-likeness (QED) is 0.414. The summed E-state index contributed by atoms with van der Waals surface area (Å²) in [7, 11) is -1.14. The lowest BCUT2D eigenvalue weighted by Gasteiger charge is -2.30. The van der Waals surface area contributed by atoms with E-state index in [2.05, 4.69) is 5.32 Å². The lowest BCUT2D eigenvalue weighted by atomic mass is 9.72. The van der Waals surface area contributed by atoms with E-state index in [1.54, 1.807) is 12.1 Å². The van der Waals surface area contributed by atoms with Crippen LogP contribution in [0, 0.1) is 5.92 Å². The van der Waals surface area contributed by atoms with Crippen LogP contribution in [-0.2, 0) is 11.2 Å². The molecule has 0 amide bonds. The first-order valence-electron chi connectivity index (χ1n) is 8.00. The summed E-state index contributed by atoms with van der Waals surface area (Å²) in [6.45, 7) is 6.09. The van der Waals surface area contributed by atoms with Gasteiger partial charge in [-0.15, -0.1) is 0 Å². The second-order valence-corrected chi connectivity index (χ2v) is 6.20. The van der Waals surface area contributed by atoms with E-state index in [0.29, 0.717) is 30.8 Å². The maximum absolute atomic E-state index is 12.2. The fraction of sp³-hybridized carbons (Fsp3) is 0.562. The van der Waals surface area contributed by atoms with E-state index < -0.39 is 25.3 Å². The monoisotopic (exact) mass is 321 g/mol. The largest absolute Gasteiger partial charge is 0.541 e. The van der Waals surface area contributed by atoms with Crippen LogP contribution in [0.5, 0.6) is 5.75 Å². The van der Waals surface area contributed by atoms with Crippen LogP contribution >= 0.6 is 0 Å². The first-order valence-corrected chi connectivity index (χ1v) is 8.00. The summed E-state index contributed by atoms with van der Waals surface area (Å²) in [6, 6.07) is 5.23. The van der Waals surface area contributed by atoms with E-state index in [-0.39, 0.29) is 5.92 Å². The van der Waals surface area contributed by atoms with Gasteiger partial charge in [-0.05, 0) is 30.4 Å². The molecule has 6 nitrogen and oxygen atoms in total. The highest BCUT2D eigenvalue weighted by Gasteiger charge is 2.37. The summed E-state index contributed by atoms with van der Waals surface area (Å²) in [4.78, 5) is 12.2. The molecule has 1 heterocycles. The predicted octanol–water partition coefficient (Wildman–Crippen LogP) is 1.14. The van der Waals surface area contributed by atoms with E-state index in [1.807, 2.05) is 26.8 Å². The highest BCUT2D eigenvalue weighted by Crippen LogP contribution is 2.30. The summed E-state index contributed by atoms with van der Waals surface area (Å²) in [5, 5.41) is 22.7. The molecule has 23 heavy (non-hydrogen) atoms. The number of carbonyl (C=O) groups is 1. The molecule has 0 fully saturated rings. The molecule has 1 aromatic rings. The molecule has 0 spiro atoms. The second kappa shape index (κ2) is 7.81. The van der Waals surface area contributed by atoms with Crippen LogP contribution in [0.15, 0.2) is 18.2 Å². The van der Waals surface area contributed by atoms with Gasteiger partial charge < -0.3 is 19.5 Å². The summed E-state index contributed by atoms with van der Waals surface area (Å²) in [5.41, 5.74) is 1.12. The maximum Gasteiger partial charge on any atom is 0.541 e. The van der Waals surface area contributed by atoms with Crippen molar-refractivity contribution in [1.82, 2.24) is 5.32 Å². The van der Waals surface area contributed by atoms with Gasteiger partial charge in [-0.1, -0.05) is 32.9 Å². The molecule has 7 heteroatoms. The van der Waals surface area contributed by atoms with Crippen molar-refractivity contribution in [3.05, 3.63) is 29.3 Å². The van der Waals surface area contributed by atoms with Gasteiger partial charge in [0.1, 0.15) is 17.5 Å². The first-order chi connectivity index (χ1) is 10.9. The van der Waals surface area contributed by atoms with Crippen molar-refractivity contribution in [3.8, 4) is 5.75 Å². The third kappa shape index (κ3) is 4.47. The molecule has 1 aliphatic heterocycles. The Kier molecular flexibility index (Phi) is 6.04. The van der Waals surface area contributed by atoms with E-state index in [4.69, 9.17) is 9.39 Å². The molecule has 126 valence electrons. The van der Waals surface area contributed by atoms with Crippen molar-refractivity contribution in [1.29, 1.82) is 0 Å². The molecule has 0 aliphatic carbocycles. The van der Waals surface area contributed by atoms with Gasteiger partial charge in [0.25, 0.3) is 0 Å². The van der Waals surface area contributed by atoms with Gasteiger partial charge in [-0.25, -0.2) is 4.79 Å². The van der Waals surface area contributed by atoms with Crippen LogP contribution in [0.1, 0.15) is 43.1 Å². The Hall–Kier alpha value is -1.57. The van der Waals surface area contributed by atoms with Crippen LogP contribution in [-0.4, -0.2) is 42.0 Å². The Morgan fingerprint density at radius 3 is 2.91 bits per heavy atom. The Morgan fingerprint density at radius 2 is 2.26 bits per heavy atom. The predicted molar refractivity (Wildman–Crippen MR) is 87.1 cm³/mol. The number of hydrogen-bond donors (Lipinski definition) is 3. The van der Waals surface area contributed by atoms with E-state index >= 15 is 0 Å². The zero-order valence-corrected chi connectivity index (χ0v) is 13.8. The van der Waals surface area contributed by atoms with Crippen LogP contribution in [0.4, 0.5) is 0 Å². The number of hydrogen-bond acceptors (Lipinski definition) is 6. The number of benzene rings is 1. The minimum Gasteiger partial charge on any atom is -0.534 e. The highest BCUT2D eigenvalue weighted by atomic mass is 16.5. The third-order valence-electron chi connectivity index (χ3n) is 3.68. The molecule has 0 aromatic heterocycles. The van der Waals surface area contributed by atoms with Gasteiger partial charge in [0.15, 0.2) is 0 Å². The van der Waals surface area contributed by atoms with E-state index in [1.165, 1.54) is 0 Å². The number of nitrogens with one attached hydrogen (secondary N) is 1. The van der Waals surface area contributed by atoms with Crippen molar-refractivity contribution in [2.24, 2.45) is 5.92 Å². The topological polar surface area (TPSA) is 88.0 Å². The minimum atomic E-state index is -1.14. The molecule has 2 rings (SSSR count). The molecule has 3 N–H and O–H groups in total. The molecular formula is C16H24BNO5. The van der Waals surface area contributed by atoms with Crippen LogP contribution in [0.25, 0.3) is 0 Å². The summed E-state index contributed by atoms with van der Waals surface area (Å²) >= 11 is 0. The van der Waals surface area contributed by atoms with Crippen molar-refractivity contribution < 1.29 is 24.3 Å². The fourth-order valence-electron chi connectivity index (χ4n) is 2.41. The molecule has 0 radical (unpaired) electrons. The fourth-order valence-corrected chi connectivity index (χ4v) is 2.41. The highest BCUT2D eigenvalue weighted by molar-refractivity contribution is 6.46. The summed E-state index contributed by atoms with van der Waals surface area (Å²) < 4.78 is 10.8. The van der Waals surface area contributed by atoms with Gasteiger partial charge >= 0.3 is 13.1 Å². The summed E-state index contributed by atoms with van der Waals surface area (Å²) in [6.07, 6.45) is 0.273. The zero-order chi connectivity index (χ0) is 17.0. The number of aliphatic hydroxyl groups excluding tert-OH is 1. The third-order valence-corrected chi connectivity index (χ3v) is 3.68. The summed E-state index contributed by atoms with van der Waals surface area (Å²) in [5.74, 6) is -0.283. The van der Waals surface area contributed by atoms with Crippen molar-refractivity contribution >= 4 is 13.1 Å². The van der Waals surface area contributed by atoms with Crippen LogP contribution < -0.4 is 9.97 Å². The van der Waals surface area contributed by atoms with Gasteiger partial charge in [0.2, 0.25) is 0 Å². The van der Waals surface area contributed by atoms with Crippen LogP contribution in [0.2, 0.25) is 0 Å². The molecule has 0 bridgehead atoms. The second-order valence-electron chi connectivity index (χ2n) is 6.20. The lowest BCUT2D eigenvalue weighted by Crippen LogP contribution is -2.54. The first kappa shape index (κ1) is 17.8. The number of rotatable bonds is 6. The molecule has 2 atom stereocenters. The zero-order valence-electron chi connectivity index (χ0n) is 13.8. The van der Waals surface area contributed by atoms with Gasteiger partial charge in [0, 0.05) is 0 Å². The number of para-hydroxylation sites is 1. The standard InChI is InChI=1S/C16H24BNO5/c1-4-14(19)18-13-8-11-6-5-7-12(15(11)23-17(13)21)16(20)22-9-10(2)3/h5-7,10,13-14,18-19,21H,4,8-9H2,1-3H3/t13-,14?/m0/s1. The molecule has 1 aromatic carbocycles. The molecule has 1 aliphatic rings. The van der Waals surface area contributed by atoms with Gasteiger partial charge in [0.05, 0.1) is 12.5 Å². The Balaban J connectivity index is 2.16. The number of esters is 1. The van der Waals surface area contributed by atoms with Gasteiger partial charge in [-0.3, -0.25) is 5.32 Å². The Bertz CT molecular complexity index is 551. The number of aliphatic hydroxyl groups is 1. The number of ether oxygens (including phenoxy) is 1. The average molecular weight is 321 g/mol. The van der Waals surface area contributed by atoms with E-state index in [0.717, 1.165) is 5.56 Å². The molecule has 1 unspecified atom stereocenters. The van der Waals surface area contributed by atoms with Gasteiger partial charge in [-0.2, -0.15) is 0 Å². The van der Waals surface area contributed by atoms with Crippen LogP contribution in [0.3, 0.4) is 0 Å². The smallest absolute Gasteiger partial charge is 0.534 e. The van der Waals surface area contributed by atoms with Crippen molar-refractivity contribution in [2.75, 3.05) is 6.61 Å². The SMILES string of the molecule is CCC(O)N[C@H]1Cc2cccc(C(=O)OCC(C)C)c2OB1O. The van der Waals surface area contributed by atoms with E-state index in [9.17, 15) is 14.9 Å². The lowest BCUT2D eigenvalue weighted by molar-refractivity contribution is 0.0455. The minimum absolute atomic E-state index is 0.245. The molecule has 0 saturated heterocycles. The van der Waals surface area contributed by atoms with Crippen molar-refractivity contribution in [2.45, 2.75) is 45.8 Å². The Morgan fingerprint density at radius 1 is 1.52 bits per heavy atom. The molecular weight excluding hydrogens is 297 g/mol.